The van der Waals surface area contributed by atoms with Gasteiger partial charge >= 0.3 is 0 Å². The molecule has 0 spiro atoms. The Morgan fingerprint density at radius 3 is 2.34 bits per heavy atom. The molecule has 2 aromatic rings. The molecule has 0 radical (unpaired) electrons. The molecule has 190 valence electrons. The average molecular weight is 504 g/mol. The third kappa shape index (κ3) is 7.27. The van der Waals surface area contributed by atoms with Crippen LogP contribution in [0.25, 0.3) is 0 Å². The molecule has 3 rings (SSSR count). The van der Waals surface area contributed by atoms with Crippen molar-refractivity contribution in [2.24, 2.45) is 0 Å². The van der Waals surface area contributed by atoms with E-state index in [2.05, 4.69) is 5.32 Å². The minimum Gasteiger partial charge on any atom is -0.352 e. The van der Waals surface area contributed by atoms with E-state index in [9.17, 15) is 22.4 Å². The molecule has 0 saturated heterocycles. The van der Waals surface area contributed by atoms with E-state index in [1.54, 1.807) is 0 Å². The second kappa shape index (κ2) is 11.7. The van der Waals surface area contributed by atoms with Crippen molar-refractivity contribution in [1.29, 1.82) is 0 Å². The van der Waals surface area contributed by atoms with Crippen molar-refractivity contribution in [2.45, 2.75) is 64.6 Å². The molecule has 1 aliphatic rings. The van der Waals surface area contributed by atoms with Crippen molar-refractivity contribution in [1.82, 2.24) is 10.2 Å². The Hall–Kier alpha value is -2.94. The molecule has 9 heteroatoms. The van der Waals surface area contributed by atoms with Gasteiger partial charge in [0.1, 0.15) is 18.4 Å². The summed E-state index contributed by atoms with van der Waals surface area (Å²) >= 11 is 0. The molecule has 0 unspecified atom stereocenters. The molecule has 7 nitrogen and oxygen atoms in total. The van der Waals surface area contributed by atoms with Crippen molar-refractivity contribution >= 4 is 27.5 Å². The van der Waals surface area contributed by atoms with Crippen LogP contribution >= 0.6 is 0 Å². The van der Waals surface area contributed by atoms with E-state index in [4.69, 9.17) is 0 Å². The predicted molar refractivity (Wildman–Crippen MR) is 135 cm³/mol. The number of aryl methyl sites for hydroxylation is 1. The predicted octanol–water partition coefficient (Wildman–Crippen LogP) is 3.77. The van der Waals surface area contributed by atoms with Crippen LogP contribution in [0.2, 0.25) is 0 Å². The van der Waals surface area contributed by atoms with E-state index in [1.807, 2.05) is 38.1 Å². The number of nitrogens with one attached hydrogen (secondary N) is 1. The Labute approximate surface area is 207 Å². The number of hydrogen-bond donors (Lipinski definition) is 1. The topological polar surface area (TPSA) is 86.8 Å². The largest absolute Gasteiger partial charge is 0.352 e. The first kappa shape index (κ1) is 26.7. The van der Waals surface area contributed by atoms with Crippen LogP contribution in [0, 0.1) is 12.7 Å². The summed E-state index contributed by atoms with van der Waals surface area (Å²) in [6.45, 7) is 3.40. The molecule has 0 aliphatic heterocycles. The zero-order chi connectivity index (χ0) is 25.6. The fraction of sp³-hybridized carbons (Fsp3) is 0.462. The van der Waals surface area contributed by atoms with Crippen LogP contribution < -0.4 is 9.62 Å². The van der Waals surface area contributed by atoms with Gasteiger partial charge in [-0.25, -0.2) is 12.8 Å². The summed E-state index contributed by atoms with van der Waals surface area (Å²) in [4.78, 5) is 28.3. The SMILES string of the molecule is CC[C@@H](C(=O)NC1CCCC1)N(Cc1ccc(C)cc1)C(=O)CN(c1cccc(F)c1)S(C)(=O)=O. The summed E-state index contributed by atoms with van der Waals surface area (Å²) < 4.78 is 39.8. The van der Waals surface area contributed by atoms with Gasteiger partial charge in [-0.1, -0.05) is 55.7 Å². The standard InChI is InChI=1S/C26H34FN3O4S/c1-4-24(26(32)28-22-9-5-6-10-22)29(17-20-14-12-19(2)13-15-20)25(31)18-30(35(3,33)34)23-11-7-8-21(27)16-23/h7-8,11-16,22,24H,4-6,9-10,17-18H2,1-3H3,(H,28,32)/t24-/m0/s1. The van der Waals surface area contributed by atoms with Crippen LogP contribution in [0.1, 0.15) is 50.2 Å². The van der Waals surface area contributed by atoms with Crippen LogP contribution in [-0.2, 0) is 26.2 Å². The molecule has 2 aromatic carbocycles. The van der Waals surface area contributed by atoms with Crippen LogP contribution in [0.15, 0.2) is 48.5 Å². The second-order valence-corrected chi connectivity index (χ2v) is 11.1. The zero-order valence-corrected chi connectivity index (χ0v) is 21.4. The van der Waals surface area contributed by atoms with Gasteiger partial charge in [0.05, 0.1) is 11.9 Å². The van der Waals surface area contributed by atoms with E-state index >= 15 is 0 Å². The van der Waals surface area contributed by atoms with E-state index in [1.165, 1.54) is 23.1 Å². The third-order valence-corrected chi connectivity index (χ3v) is 7.48. The number of carbonyl (C=O) groups excluding carboxylic acids is 2. The summed E-state index contributed by atoms with van der Waals surface area (Å²) in [7, 11) is -3.89. The molecule has 0 aromatic heterocycles. The highest BCUT2D eigenvalue weighted by atomic mass is 32.2. The maximum absolute atomic E-state index is 13.8. The quantitative estimate of drug-likeness (QED) is 0.535. The summed E-state index contributed by atoms with van der Waals surface area (Å²) in [6.07, 6.45) is 5.29. The molecule has 0 heterocycles. The van der Waals surface area contributed by atoms with Crippen molar-refractivity contribution < 1.29 is 22.4 Å². The maximum atomic E-state index is 13.8. The molecular formula is C26H34FN3O4S. The van der Waals surface area contributed by atoms with Gasteiger partial charge in [0.25, 0.3) is 0 Å². The van der Waals surface area contributed by atoms with Crippen LogP contribution in [0.4, 0.5) is 10.1 Å². The summed E-state index contributed by atoms with van der Waals surface area (Å²) in [5.41, 5.74) is 1.94. The number of rotatable bonds is 10. The van der Waals surface area contributed by atoms with Crippen molar-refractivity contribution in [3.05, 3.63) is 65.5 Å². The lowest BCUT2D eigenvalue weighted by Crippen LogP contribution is -2.53. The normalized spacial score (nSPS) is 15.0. The monoisotopic (exact) mass is 503 g/mol. The number of carbonyl (C=O) groups is 2. The van der Waals surface area contributed by atoms with E-state index in [0.29, 0.717) is 6.42 Å². The fourth-order valence-corrected chi connectivity index (χ4v) is 5.26. The van der Waals surface area contributed by atoms with Crippen molar-refractivity contribution in [3.63, 3.8) is 0 Å². The molecule has 1 N–H and O–H groups in total. The Morgan fingerprint density at radius 2 is 1.77 bits per heavy atom. The summed E-state index contributed by atoms with van der Waals surface area (Å²) in [5.74, 6) is -1.38. The molecule has 1 atom stereocenters. The first-order valence-corrected chi connectivity index (χ1v) is 13.8. The van der Waals surface area contributed by atoms with Gasteiger partial charge < -0.3 is 10.2 Å². The number of hydrogen-bond acceptors (Lipinski definition) is 4. The number of nitrogens with zero attached hydrogens (tertiary/aromatic N) is 2. The first-order chi connectivity index (χ1) is 16.6. The van der Waals surface area contributed by atoms with Crippen molar-refractivity contribution in [3.8, 4) is 0 Å². The molecule has 35 heavy (non-hydrogen) atoms. The fourth-order valence-electron chi connectivity index (χ4n) is 4.42. The number of sulfonamides is 1. The van der Waals surface area contributed by atoms with E-state index in [-0.39, 0.29) is 24.2 Å². The highest BCUT2D eigenvalue weighted by molar-refractivity contribution is 7.92. The lowest BCUT2D eigenvalue weighted by atomic mass is 10.1. The van der Waals surface area contributed by atoms with Crippen molar-refractivity contribution in [2.75, 3.05) is 17.1 Å². The molecule has 1 saturated carbocycles. The minimum atomic E-state index is -3.89. The molecular weight excluding hydrogens is 469 g/mol. The van der Waals surface area contributed by atoms with Gasteiger partial charge in [-0.15, -0.1) is 0 Å². The Morgan fingerprint density at radius 1 is 1.11 bits per heavy atom. The number of benzene rings is 2. The van der Waals surface area contributed by atoms with Gasteiger partial charge in [0.2, 0.25) is 21.8 Å². The third-order valence-electron chi connectivity index (χ3n) is 6.34. The Bertz CT molecular complexity index is 1130. The molecule has 1 aliphatic carbocycles. The average Bonchev–Trinajstić information content (AvgIpc) is 3.30. The lowest BCUT2D eigenvalue weighted by Gasteiger charge is -2.33. The molecule has 2 amide bonds. The van der Waals surface area contributed by atoms with Crippen LogP contribution in [0.3, 0.4) is 0 Å². The molecule has 0 bridgehead atoms. The Balaban J connectivity index is 1.91. The lowest BCUT2D eigenvalue weighted by molar-refractivity contribution is -0.140. The number of anilines is 1. The van der Waals surface area contributed by atoms with Gasteiger partial charge in [-0.3, -0.25) is 13.9 Å². The number of amides is 2. The summed E-state index contributed by atoms with van der Waals surface area (Å²) in [6, 6.07) is 12.0. The smallest absolute Gasteiger partial charge is 0.244 e. The zero-order valence-electron chi connectivity index (χ0n) is 20.5. The van der Waals surface area contributed by atoms with Gasteiger partial charge in [0.15, 0.2) is 0 Å². The molecule has 1 fully saturated rings. The minimum absolute atomic E-state index is 0.0552. The van der Waals surface area contributed by atoms with Crippen LogP contribution in [0.5, 0.6) is 0 Å². The van der Waals surface area contributed by atoms with Gasteiger partial charge in [0, 0.05) is 12.6 Å². The highest BCUT2D eigenvalue weighted by Crippen LogP contribution is 2.22. The Kier molecular flexibility index (Phi) is 8.88. The van der Waals surface area contributed by atoms with Gasteiger partial charge in [-0.2, -0.15) is 0 Å². The first-order valence-electron chi connectivity index (χ1n) is 12.0. The number of halogens is 1. The van der Waals surface area contributed by atoms with Crippen LogP contribution in [-0.4, -0.2) is 50.0 Å². The van der Waals surface area contributed by atoms with Gasteiger partial charge in [-0.05, 0) is 49.9 Å². The van der Waals surface area contributed by atoms with E-state index in [0.717, 1.165) is 53.4 Å². The second-order valence-electron chi connectivity index (χ2n) is 9.17. The highest BCUT2D eigenvalue weighted by Gasteiger charge is 2.33. The maximum Gasteiger partial charge on any atom is 0.244 e. The summed E-state index contributed by atoms with van der Waals surface area (Å²) in [5, 5.41) is 3.07. The van der Waals surface area contributed by atoms with E-state index < -0.39 is 34.3 Å².